The van der Waals surface area contributed by atoms with Gasteiger partial charge in [0.05, 0.1) is 13.5 Å². The molecule has 0 saturated heterocycles. The quantitative estimate of drug-likeness (QED) is 0.827. The average Bonchev–Trinajstić information content (AvgIpc) is 2.55. The lowest BCUT2D eigenvalue weighted by Crippen LogP contribution is -2.21. The van der Waals surface area contributed by atoms with Gasteiger partial charge in [0.1, 0.15) is 0 Å². The molecule has 5 nitrogen and oxygen atoms in total. The summed E-state index contributed by atoms with van der Waals surface area (Å²) < 4.78 is 23.2. The van der Waals surface area contributed by atoms with E-state index in [1.54, 1.807) is 18.2 Å². The third-order valence-electron chi connectivity index (χ3n) is 3.26. The summed E-state index contributed by atoms with van der Waals surface area (Å²) in [5, 5.41) is 2.62. The Bertz CT molecular complexity index is 728. The number of nitrogens with one attached hydrogen (secondary N) is 1. The summed E-state index contributed by atoms with van der Waals surface area (Å²) in [5.74, 6) is -1.50. The number of ether oxygens (including phenoxy) is 2. The molecule has 126 valence electrons. The van der Waals surface area contributed by atoms with Crippen LogP contribution in [0.15, 0.2) is 42.5 Å². The smallest absolute Gasteiger partial charge is 0.310 e. The van der Waals surface area contributed by atoms with E-state index in [0.29, 0.717) is 11.3 Å². The molecule has 0 unspecified atom stereocenters. The Balaban J connectivity index is 1.81. The molecule has 2 rings (SSSR count). The number of anilines is 1. The molecule has 0 heterocycles. The summed E-state index contributed by atoms with van der Waals surface area (Å²) in [6.07, 6.45) is -0.126. The Labute approximate surface area is 139 Å². The van der Waals surface area contributed by atoms with Gasteiger partial charge in [-0.2, -0.15) is 0 Å². The highest BCUT2D eigenvalue weighted by molar-refractivity contribution is 5.92. The lowest BCUT2D eigenvalue weighted by molar-refractivity contribution is -0.146. The number of benzene rings is 2. The van der Waals surface area contributed by atoms with Crippen molar-refractivity contribution in [2.75, 3.05) is 19.0 Å². The van der Waals surface area contributed by atoms with Crippen LogP contribution in [-0.4, -0.2) is 25.6 Å². The van der Waals surface area contributed by atoms with Crippen molar-refractivity contribution in [3.8, 4) is 5.75 Å². The number of aryl methyl sites for hydroxylation is 1. The number of methoxy groups -OCH3 is 1. The van der Waals surface area contributed by atoms with Gasteiger partial charge >= 0.3 is 5.97 Å². The minimum Gasteiger partial charge on any atom is -0.494 e. The SMILES string of the molecule is COc1ccc(CC(=O)OCC(=O)Nc2ccc(C)cc2)cc1F. The first-order valence-electron chi connectivity index (χ1n) is 7.32. The minimum atomic E-state index is -0.612. The molecule has 0 fully saturated rings. The van der Waals surface area contributed by atoms with Crippen molar-refractivity contribution in [1.29, 1.82) is 0 Å². The Kier molecular flexibility index (Phi) is 5.89. The molecule has 0 radical (unpaired) electrons. The number of esters is 1. The van der Waals surface area contributed by atoms with E-state index in [0.717, 1.165) is 5.56 Å². The maximum atomic E-state index is 13.5. The zero-order valence-corrected chi connectivity index (χ0v) is 13.5. The van der Waals surface area contributed by atoms with Gasteiger partial charge in [-0.05, 0) is 36.8 Å². The summed E-state index contributed by atoms with van der Waals surface area (Å²) in [4.78, 5) is 23.5. The second-order valence-corrected chi connectivity index (χ2v) is 5.22. The molecular formula is C18H18FNO4. The number of carbonyl (C=O) groups is 2. The van der Waals surface area contributed by atoms with E-state index in [2.05, 4.69) is 5.32 Å². The van der Waals surface area contributed by atoms with Gasteiger partial charge in [0, 0.05) is 5.69 Å². The van der Waals surface area contributed by atoms with Crippen LogP contribution in [0.1, 0.15) is 11.1 Å². The lowest BCUT2D eigenvalue weighted by Gasteiger charge is -2.08. The fraction of sp³-hybridized carbons (Fsp3) is 0.222. The molecule has 1 N–H and O–H groups in total. The fourth-order valence-electron chi connectivity index (χ4n) is 2.02. The predicted octanol–water partition coefficient (Wildman–Crippen LogP) is 2.87. The first kappa shape index (κ1) is 17.5. The van der Waals surface area contributed by atoms with E-state index in [1.807, 2.05) is 19.1 Å². The standard InChI is InChI=1S/C18H18FNO4/c1-12-3-6-14(7-4-12)20-17(21)11-24-18(22)10-13-5-8-16(23-2)15(19)9-13/h3-9H,10-11H2,1-2H3,(H,20,21). The molecular weight excluding hydrogens is 313 g/mol. The van der Waals surface area contributed by atoms with E-state index in [9.17, 15) is 14.0 Å². The van der Waals surface area contributed by atoms with Crippen LogP contribution in [0.25, 0.3) is 0 Å². The zero-order valence-electron chi connectivity index (χ0n) is 13.5. The van der Waals surface area contributed by atoms with Crippen molar-refractivity contribution in [3.05, 3.63) is 59.4 Å². The molecule has 24 heavy (non-hydrogen) atoms. The lowest BCUT2D eigenvalue weighted by atomic mass is 10.1. The first-order valence-corrected chi connectivity index (χ1v) is 7.32. The maximum Gasteiger partial charge on any atom is 0.310 e. The second kappa shape index (κ2) is 8.10. The van der Waals surface area contributed by atoms with Crippen LogP contribution < -0.4 is 10.1 Å². The van der Waals surface area contributed by atoms with Crippen LogP contribution in [0.2, 0.25) is 0 Å². The van der Waals surface area contributed by atoms with Gasteiger partial charge in [-0.3, -0.25) is 9.59 Å². The van der Waals surface area contributed by atoms with Gasteiger partial charge in [0.15, 0.2) is 18.2 Å². The van der Waals surface area contributed by atoms with Crippen molar-refractivity contribution in [2.24, 2.45) is 0 Å². The Morgan fingerprint density at radius 3 is 2.46 bits per heavy atom. The van der Waals surface area contributed by atoms with Crippen molar-refractivity contribution >= 4 is 17.6 Å². The van der Waals surface area contributed by atoms with Crippen molar-refractivity contribution < 1.29 is 23.5 Å². The third-order valence-corrected chi connectivity index (χ3v) is 3.26. The minimum absolute atomic E-state index is 0.101. The molecule has 6 heteroatoms. The maximum absolute atomic E-state index is 13.5. The van der Waals surface area contributed by atoms with Crippen molar-refractivity contribution in [2.45, 2.75) is 13.3 Å². The summed E-state index contributed by atoms with van der Waals surface area (Å²) in [6.45, 7) is 1.54. The Morgan fingerprint density at radius 2 is 1.83 bits per heavy atom. The topological polar surface area (TPSA) is 64.6 Å². The second-order valence-electron chi connectivity index (χ2n) is 5.22. The number of carbonyl (C=O) groups excluding carboxylic acids is 2. The largest absolute Gasteiger partial charge is 0.494 e. The zero-order chi connectivity index (χ0) is 17.5. The van der Waals surface area contributed by atoms with Gasteiger partial charge < -0.3 is 14.8 Å². The third kappa shape index (κ3) is 5.08. The van der Waals surface area contributed by atoms with Crippen molar-refractivity contribution in [3.63, 3.8) is 0 Å². The first-order chi connectivity index (χ1) is 11.5. The summed E-state index contributed by atoms with van der Waals surface area (Å²) in [7, 11) is 1.36. The number of hydrogen-bond acceptors (Lipinski definition) is 4. The molecule has 0 bridgehead atoms. The normalized spacial score (nSPS) is 10.1. The van der Waals surface area contributed by atoms with Gasteiger partial charge in [-0.25, -0.2) is 4.39 Å². The highest BCUT2D eigenvalue weighted by Gasteiger charge is 2.11. The Morgan fingerprint density at radius 1 is 1.12 bits per heavy atom. The van der Waals surface area contributed by atoms with Gasteiger partial charge in [0.25, 0.3) is 5.91 Å². The molecule has 0 aliphatic carbocycles. The highest BCUT2D eigenvalue weighted by Crippen LogP contribution is 2.18. The van der Waals surface area contributed by atoms with E-state index in [1.165, 1.54) is 19.2 Å². The van der Waals surface area contributed by atoms with Gasteiger partial charge in [-0.15, -0.1) is 0 Å². The van der Waals surface area contributed by atoms with Crippen LogP contribution in [0, 0.1) is 12.7 Å². The molecule has 0 aliphatic heterocycles. The van der Waals surface area contributed by atoms with Crippen molar-refractivity contribution in [1.82, 2.24) is 0 Å². The molecule has 2 aromatic rings. The van der Waals surface area contributed by atoms with Crippen LogP contribution >= 0.6 is 0 Å². The summed E-state index contributed by atoms with van der Waals surface area (Å²) in [5.41, 5.74) is 2.14. The molecule has 0 spiro atoms. The van der Waals surface area contributed by atoms with E-state index < -0.39 is 24.3 Å². The molecule has 0 aliphatic rings. The van der Waals surface area contributed by atoms with Crippen LogP contribution in [-0.2, 0) is 20.7 Å². The number of amides is 1. The molecule has 0 saturated carbocycles. The number of hydrogen-bond donors (Lipinski definition) is 1. The van der Waals surface area contributed by atoms with E-state index >= 15 is 0 Å². The highest BCUT2D eigenvalue weighted by atomic mass is 19.1. The number of halogens is 1. The predicted molar refractivity (Wildman–Crippen MR) is 87.4 cm³/mol. The molecule has 1 amide bonds. The monoisotopic (exact) mass is 331 g/mol. The molecule has 2 aromatic carbocycles. The van der Waals surface area contributed by atoms with E-state index in [-0.39, 0.29) is 12.2 Å². The average molecular weight is 331 g/mol. The number of rotatable bonds is 6. The molecule has 0 aromatic heterocycles. The van der Waals surface area contributed by atoms with Crippen LogP contribution in [0.4, 0.5) is 10.1 Å². The van der Waals surface area contributed by atoms with Gasteiger partial charge in [-0.1, -0.05) is 23.8 Å². The van der Waals surface area contributed by atoms with E-state index in [4.69, 9.17) is 9.47 Å². The van der Waals surface area contributed by atoms with Crippen LogP contribution in [0.5, 0.6) is 5.75 Å². The van der Waals surface area contributed by atoms with Gasteiger partial charge in [0.2, 0.25) is 0 Å². The summed E-state index contributed by atoms with van der Waals surface area (Å²) in [6, 6.07) is 11.4. The summed E-state index contributed by atoms with van der Waals surface area (Å²) >= 11 is 0. The molecule has 0 atom stereocenters. The fourth-order valence-corrected chi connectivity index (χ4v) is 2.02. The Hall–Kier alpha value is -2.89. The van der Waals surface area contributed by atoms with Crippen LogP contribution in [0.3, 0.4) is 0 Å².